The van der Waals surface area contributed by atoms with E-state index in [0.717, 1.165) is 5.56 Å². The molecule has 88 valence electrons. The summed E-state index contributed by atoms with van der Waals surface area (Å²) in [4.78, 5) is 14.7. The van der Waals surface area contributed by atoms with Crippen molar-refractivity contribution in [3.63, 3.8) is 0 Å². The first-order valence-corrected chi connectivity index (χ1v) is 6.09. The zero-order valence-corrected chi connectivity index (χ0v) is 9.91. The third-order valence-electron chi connectivity index (χ3n) is 2.15. The van der Waals surface area contributed by atoms with Crippen LogP contribution in [0.1, 0.15) is 29.4 Å². The van der Waals surface area contributed by atoms with Crippen LogP contribution in [0.3, 0.4) is 0 Å². The SMILES string of the molecule is CC(CCO)SCc1cccnc1C(=O)O. The Balaban J connectivity index is 2.63. The third-order valence-corrected chi connectivity index (χ3v) is 3.44. The smallest absolute Gasteiger partial charge is 0.354 e. The van der Waals surface area contributed by atoms with Gasteiger partial charge in [-0.3, -0.25) is 0 Å². The highest BCUT2D eigenvalue weighted by Crippen LogP contribution is 2.21. The van der Waals surface area contributed by atoms with Crippen LogP contribution in [0.5, 0.6) is 0 Å². The van der Waals surface area contributed by atoms with Crippen LogP contribution in [0, 0.1) is 0 Å². The normalized spacial score (nSPS) is 12.4. The minimum absolute atomic E-state index is 0.117. The highest BCUT2D eigenvalue weighted by Gasteiger charge is 2.11. The van der Waals surface area contributed by atoms with E-state index in [1.807, 2.05) is 6.92 Å². The molecule has 1 atom stereocenters. The highest BCUT2D eigenvalue weighted by molar-refractivity contribution is 7.99. The monoisotopic (exact) mass is 241 g/mol. The summed E-state index contributed by atoms with van der Waals surface area (Å²) in [5.74, 6) is -0.387. The number of aliphatic hydroxyl groups is 1. The van der Waals surface area contributed by atoms with Crippen LogP contribution in [0.2, 0.25) is 0 Å². The molecule has 1 rings (SSSR count). The van der Waals surface area contributed by atoms with Gasteiger partial charge < -0.3 is 10.2 Å². The van der Waals surface area contributed by atoms with Crippen molar-refractivity contribution in [3.05, 3.63) is 29.6 Å². The maximum absolute atomic E-state index is 10.9. The van der Waals surface area contributed by atoms with Gasteiger partial charge in [-0.15, -0.1) is 0 Å². The number of carboxylic acids is 1. The lowest BCUT2D eigenvalue weighted by Gasteiger charge is -2.10. The van der Waals surface area contributed by atoms with Crippen LogP contribution in [-0.2, 0) is 5.75 Å². The molecule has 0 fully saturated rings. The molecule has 0 amide bonds. The van der Waals surface area contributed by atoms with E-state index in [2.05, 4.69) is 4.98 Å². The molecule has 1 aromatic heterocycles. The second-order valence-corrected chi connectivity index (χ2v) is 4.88. The molecular formula is C11H15NO3S. The van der Waals surface area contributed by atoms with Crippen molar-refractivity contribution in [2.24, 2.45) is 0 Å². The molecular weight excluding hydrogens is 226 g/mol. The third kappa shape index (κ3) is 3.83. The van der Waals surface area contributed by atoms with E-state index in [1.165, 1.54) is 6.20 Å². The Kier molecular flexibility index (Phi) is 5.28. The lowest BCUT2D eigenvalue weighted by Crippen LogP contribution is -2.06. The highest BCUT2D eigenvalue weighted by atomic mass is 32.2. The first-order chi connectivity index (χ1) is 7.65. The molecule has 1 heterocycles. The fraction of sp³-hybridized carbons (Fsp3) is 0.455. The van der Waals surface area contributed by atoms with Crippen molar-refractivity contribution in [2.45, 2.75) is 24.3 Å². The van der Waals surface area contributed by atoms with Crippen molar-refractivity contribution in [3.8, 4) is 0 Å². The average Bonchev–Trinajstić information content (AvgIpc) is 2.27. The predicted octanol–water partition coefficient (Wildman–Crippen LogP) is 1.78. The molecule has 0 aliphatic carbocycles. The molecule has 0 saturated heterocycles. The van der Waals surface area contributed by atoms with Crippen LogP contribution >= 0.6 is 11.8 Å². The van der Waals surface area contributed by atoms with E-state index >= 15 is 0 Å². The number of aromatic nitrogens is 1. The molecule has 1 unspecified atom stereocenters. The lowest BCUT2D eigenvalue weighted by atomic mass is 10.2. The van der Waals surface area contributed by atoms with E-state index in [9.17, 15) is 4.79 Å². The molecule has 0 aromatic carbocycles. The van der Waals surface area contributed by atoms with Gasteiger partial charge in [0.25, 0.3) is 0 Å². The summed E-state index contributed by atoms with van der Waals surface area (Å²) in [5, 5.41) is 18.0. The number of pyridine rings is 1. The average molecular weight is 241 g/mol. The Morgan fingerprint density at radius 3 is 3.00 bits per heavy atom. The summed E-state index contributed by atoms with van der Waals surface area (Å²) in [6.07, 6.45) is 2.20. The number of aromatic carboxylic acids is 1. The van der Waals surface area contributed by atoms with E-state index in [4.69, 9.17) is 10.2 Å². The number of aliphatic hydroxyl groups excluding tert-OH is 1. The number of nitrogens with zero attached hydrogens (tertiary/aromatic N) is 1. The summed E-state index contributed by atoms with van der Waals surface area (Å²) in [6, 6.07) is 3.51. The van der Waals surface area contributed by atoms with Crippen molar-refractivity contribution < 1.29 is 15.0 Å². The van der Waals surface area contributed by atoms with Gasteiger partial charge in [0.05, 0.1) is 0 Å². The topological polar surface area (TPSA) is 70.4 Å². The number of carboxylic acid groups (broad SMARTS) is 1. The van der Waals surface area contributed by atoms with Gasteiger partial charge >= 0.3 is 5.97 Å². The lowest BCUT2D eigenvalue weighted by molar-refractivity contribution is 0.0689. The first-order valence-electron chi connectivity index (χ1n) is 5.04. The number of hydrogen-bond acceptors (Lipinski definition) is 4. The van der Waals surface area contributed by atoms with Gasteiger partial charge in [0, 0.05) is 23.8 Å². The van der Waals surface area contributed by atoms with E-state index < -0.39 is 5.97 Å². The second-order valence-electron chi connectivity index (χ2n) is 3.45. The summed E-state index contributed by atoms with van der Waals surface area (Å²) in [7, 11) is 0. The largest absolute Gasteiger partial charge is 0.477 e. The van der Waals surface area contributed by atoms with Crippen molar-refractivity contribution in [1.29, 1.82) is 0 Å². The number of thioether (sulfide) groups is 1. The molecule has 0 radical (unpaired) electrons. The fourth-order valence-electron chi connectivity index (χ4n) is 1.24. The molecule has 0 saturated carbocycles. The Bertz CT molecular complexity index is 357. The Labute approximate surface area is 98.7 Å². The number of hydrogen-bond donors (Lipinski definition) is 2. The minimum Gasteiger partial charge on any atom is -0.477 e. The summed E-state index contributed by atoms with van der Waals surface area (Å²) >= 11 is 1.62. The summed E-state index contributed by atoms with van der Waals surface area (Å²) < 4.78 is 0. The number of rotatable bonds is 6. The quantitative estimate of drug-likeness (QED) is 0.794. The van der Waals surface area contributed by atoms with Crippen LogP contribution in [0.4, 0.5) is 0 Å². The Morgan fingerprint density at radius 2 is 2.38 bits per heavy atom. The zero-order chi connectivity index (χ0) is 12.0. The fourth-order valence-corrected chi connectivity index (χ4v) is 2.21. The van der Waals surface area contributed by atoms with Crippen molar-refractivity contribution in [2.75, 3.05) is 6.61 Å². The molecule has 0 bridgehead atoms. The van der Waals surface area contributed by atoms with Gasteiger partial charge in [0.15, 0.2) is 5.69 Å². The molecule has 0 spiro atoms. The Hall–Kier alpha value is -1.07. The maximum atomic E-state index is 10.9. The first kappa shape index (κ1) is 13.0. The van der Waals surface area contributed by atoms with Gasteiger partial charge in [-0.05, 0) is 18.1 Å². The standard InChI is InChI=1S/C11H15NO3S/c1-8(4-6-13)16-7-9-3-2-5-12-10(9)11(14)15/h2-3,5,8,13H,4,6-7H2,1H3,(H,14,15). The second kappa shape index (κ2) is 6.50. The zero-order valence-electron chi connectivity index (χ0n) is 9.09. The molecule has 0 aliphatic heterocycles. The van der Waals surface area contributed by atoms with Gasteiger partial charge in [-0.1, -0.05) is 13.0 Å². The van der Waals surface area contributed by atoms with Crippen LogP contribution < -0.4 is 0 Å². The van der Waals surface area contributed by atoms with Gasteiger partial charge in [0.2, 0.25) is 0 Å². The van der Waals surface area contributed by atoms with E-state index in [0.29, 0.717) is 17.4 Å². The molecule has 0 aliphatic rings. The van der Waals surface area contributed by atoms with Crippen LogP contribution in [-0.4, -0.2) is 33.0 Å². The molecule has 16 heavy (non-hydrogen) atoms. The van der Waals surface area contributed by atoms with Gasteiger partial charge in [-0.2, -0.15) is 11.8 Å². The van der Waals surface area contributed by atoms with E-state index in [1.54, 1.807) is 23.9 Å². The van der Waals surface area contributed by atoms with Crippen LogP contribution in [0.15, 0.2) is 18.3 Å². The van der Waals surface area contributed by atoms with Crippen LogP contribution in [0.25, 0.3) is 0 Å². The van der Waals surface area contributed by atoms with Gasteiger partial charge in [0.1, 0.15) is 0 Å². The molecule has 1 aromatic rings. The summed E-state index contributed by atoms with van der Waals surface area (Å²) in [5.41, 5.74) is 0.844. The predicted molar refractivity (Wildman–Crippen MR) is 63.7 cm³/mol. The molecule has 2 N–H and O–H groups in total. The van der Waals surface area contributed by atoms with Gasteiger partial charge in [-0.25, -0.2) is 9.78 Å². The summed E-state index contributed by atoms with van der Waals surface area (Å²) in [6.45, 7) is 2.17. The number of carbonyl (C=O) groups is 1. The van der Waals surface area contributed by atoms with Crippen molar-refractivity contribution >= 4 is 17.7 Å². The molecule has 4 nitrogen and oxygen atoms in total. The molecule has 5 heteroatoms. The maximum Gasteiger partial charge on any atom is 0.354 e. The van der Waals surface area contributed by atoms with Crippen molar-refractivity contribution in [1.82, 2.24) is 4.98 Å². The van der Waals surface area contributed by atoms with E-state index in [-0.39, 0.29) is 12.3 Å². The Morgan fingerprint density at radius 1 is 1.62 bits per heavy atom. The minimum atomic E-state index is -0.994.